The lowest BCUT2D eigenvalue weighted by atomic mass is 10.2. The Labute approximate surface area is 176 Å². The molecule has 1 aromatic carbocycles. The van der Waals surface area contributed by atoms with Crippen LogP contribution in [-0.2, 0) is 19.6 Å². The summed E-state index contributed by atoms with van der Waals surface area (Å²) in [5.74, 6) is -0.882. The second-order valence-electron chi connectivity index (χ2n) is 8.05. The van der Waals surface area contributed by atoms with Crippen LogP contribution in [0.5, 0.6) is 0 Å². The fourth-order valence-electron chi connectivity index (χ4n) is 4.37. The van der Waals surface area contributed by atoms with Crippen molar-refractivity contribution in [1.29, 1.82) is 0 Å². The molecule has 3 aliphatic rings. The number of sulfonamides is 1. The van der Waals surface area contributed by atoms with Crippen molar-refractivity contribution in [2.75, 3.05) is 31.5 Å². The van der Waals surface area contributed by atoms with E-state index in [0.29, 0.717) is 37.3 Å². The normalized spacial score (nSPS) is 22.5. The Kier molecular flexibility index (Phi) is 5.54. The maximum absolute atomic E-state index is 13.0. The zero-order valence-electron chi connectivity index (χ0n) is 17.0. The third kappa shape index (κ3) is 3.69. The number of imide groups is 1. The first-order valence-electron chi connectivity index (χ1n) is 10.3. The monoisotopic (exact) mass is 434 g/mol. The Morgan fingerprint density at radius 3 is 2.53 bits per heavy atom. The highest BCUT2D eigenvalue weighted by molar-refractivity contribution is 7.89. The quantitative estimate of drug-likeness (QED) is 0.708. The summed E-state index contributed by atoms with van der Waals surface area (Å²) in [6.45, 7) is 2.86. The average molecular weight is 435 g/mol. The van der Waals surface area contributed by atoms with E-state index in [1.165, 1.54) is 15.3 Å². The van der Waals surface area contributed by atoms with Crippen LogP contribution in [0.15, 0.2) is 23.1 Å². The van der Waals surface area contributed by atoms with E-state index >= 15 is 0 Å². The molecular weight excluding hydrogens is 408 g/mol. The average Bonchev–Trinajstić information content (AvgIpc) is 3.30. The summed E-state index contributed by atoms with van der Waals surface area (Å²) < 4.78 is 27.6. The number of carbonyl (C=O) groups excluding carboxylic acids is 3. The van der Waals surface area contributed by atoms with Crippen molar-refractivity contribution in [3.05, 3.63) is 23.8 Å². The standard InChI is InChI=1S/C20H26N4O5S/c1-14-7-8-15(12-17(14)30(28,29)22-9-3-2-4-10-22)21-18(25)13-24-19(26)16-6-5-11-23(16)20(24)27/h7-8,12,16H,2-6,9-11,13H2,1H3,(H,21,25). The molecule has 9 nitrogen and oxygen atoms in total. The van der Waals surface area contributed by atoms with E-state index in [-0.39, 0.29) is 17.3 Å². The number of hydrogen-bond acceptors (Lipinski definition) is 5. The highest BCUT2D eigenvalue weighted by Crippen LogP contribution is 2.28. The highest BCUT2D eigenvalue weighted by Gasteiger charge is 2.47. The van der Waals surface area contributed by atoms with Gasteiger partial charge in [-0.05, 0) is 50.3 Å². The van der Waals surface area contributed by atoms with Gasteiger partial charge >= 0.3 is 6.03 Å². The van der Waals surface area contributed by atoms with Gasteiger partial charge in [0, 0.05) is 25.3 Å². The summed E-state index contributed by atoms with van der Waals surface area (Å²) in [5, 5.41) is 2.63. The van der Waals surface area contributed by atoms with Crippen LogP contribution in [0.2, 0.25) is 0 Å². The summed E-state index contributed by atoms with van der Waals surface area (Å²) in [4.78, 5) is 39.9. The summed E-state index contributed by atoms with van der Waals surface area (Å²) in [6.07, 6.45) is 4.11. The summed E-state index contributed by atoms with van der Waals surface area (Å²) in [5.41, 5.74) is 0.921. The van der Waals surface area contributed by atoms with E-state index in [0.717, 1.165) is 30.6 Å². The van der Waals surface area contributed by atoms with Crippen molar-refractivity contribution in [2.45, 2.75) is 50.0 Å². The van der Waals surface area contributed by atoms with Gasteiger partial charge < -0.3 is 10.2 Å². The third-order valence-electron chi connectivity index (χ3n) is 5.99. The lowest BCUT2D eigenvalue weighted by molar-refractivity contribution is -0.131. The molecule has 1 atom stereocenters. The molecular formula is C20H26N4O5S. The van der Waals surface area contributed by atoms with Crippen molar-refractivity contribution in [2.24, 2.45) is 0 Å². The lowest BCUT2D eigenvalue weighted by Crippen LogP contribution is -2.39. The maximum Gasteiger partial charge on any atom is 0.327 e. The smallest absolute Gasteiger partial charge is 0.324 e. The third-order valence-corrected chi connectivity index (χ3v) is 8.03. The Balaban J connectivity index is 1.47. The predicted molar refractivity (Wildman–Crippen MR) is 109 cm³/mol. The molecule has 0 spiro atoms. The van der Waals surface area contributed by atoms with Crippen molar-refractivity contribution in [3.63, 3.8) is 0 Å². The number of amides is 4. The van der Waals surface area contributed by atoms with Gasteiger partial charge in [0.2, 0.25) is 15.9 Å². The van der Waals surface area contributed by atoms with Crippen molar-refractivity contribution >= 4 is 33.6 Å². The van der Waals surface area contributed by atoms with Gasteiger partial charge in [-0.15, -0.1) is 0 Å². The zero-order chi connectivity index (χ0) is 21.5. The van der Waals surface area contributed by atoms with Crippen LogP contribution in [0.25, 0.3) is 0 Å². The molecule has 1 unspecified atom stereocenters. The van der Waals surface area contributed by atoms with Crippen LogP contribution in [0, 0.1) is 6.92 Å². The summed E-state index contributed by atoms with van der Waals surface area (Å²) in [6, 6.07) is 3.83. The van der Waals surface area contributed by atoms with Gasteiger partial charge in [0.1, 0.15) is 12.6 Å². The van der Waals surface area contributed by atoms with Crippen LogP contribution in [-0.4, -0.2) is 72.6 Å². The van der Waals surface area contributed by atoms with Crippen LogP contribution in [0.4, 0.5) is 10.5 Å². The molecule has 3 saturated heterocycles. The molecule has 1 N–H and O–H groups in total. The molecule has 3 fully saturated rings. The molecule has 0 aromatic heterocycles. The molecule has 4 rings (SSSR count). The molecule has 0 bridgehead atoms. The number of hydrogen-bond donors (Lipinski definition) is 1. The van der Waals surface area contributed by atoms with E-state index in [9.17, 15) is 22.8 Å². The van der Waals surface area contributed by atoms with E-state index in [4.69, 9.17) is 0 Å². The number of urea groups is 1. The van der Waals surface area contributed by atoms with Gasteiger partial charge in [0.25, 0.3) is 5.91 Å². The second-order valence-corrected chi connectivity index (χ2v) is 9.96. The number of anilines is 1. The molecule has 3 heterocycles. The molecule has 10 heteroatoms. The van der Waals surface area contributed by atoms with E-state index in [1.807, 2.05) is 0 Å². The minimum atomic E-state index is -3.64. The van der Waals surface area contributed by atoms with E-state index < -0.39 is 28.0 Å². The topological polar surface area (TPSA) is 107 Å². The second kappa shape index (κ2) is 7.99. The molecule has 0 saturated carbocycles. The fourth-order valence-corrected chi connectivity index (χ4v) is 6.14. The first kappa shape index (κ1) is 20.8. The van der Waals surface area contributed by atoms with E-state index in [2.05, 4.69) is 5.32 Å². The van der Waals surface area contributed by atoms with Gasteiger partial charge in [0.05, 0.1) is 4.90 Å². The maximum atomic E-state index is 13.0. The van der Waals surface area contributed by atoms with E-state index in [1.54, 1.807) is 19.1 Å². The SMILES string of the molecule is Cc1ccc(NC(=O)CN2C(=O)C3CCCN3C2=O)cc1S(=O)(=O)N1CCCCC1. The highest BCUT2D eigenvalue weighted by atomic mass is 32.2. The van der Waals surface area contributed by atoms with Crippen molar-refractivity contribution in [3.8, 4) is 0 Å². The first-order valence-corrected chi connectivity index (χ1v) is 11.8. The van der Waals surface area contributed by atoms with Gasteiger partial charge in [-0.1, -0.05) is 12.5 Å². The number of carbonyl (C=O) groups is 3. The molecule has 162 valence electrons. The Hall–Kier alpha value is -2.46. The number of rotatable bonds is 5. The first-order chi connectivity index (χ1) is 14.3. The summed E-state index contributed by atoms with van der Waals surface area (Å²) >= 11 is 0. The number of piperidine rings is 1. The zero-order valence-corrected chi connectivity index (χ0v) is 17.8. The Morgan fingerprint density at radius 1 is 1.10 bits per heavy atom. The molecule has 1 aromatic rings. The van der Waals surface area contributed by atoms with Crippen LogP contribution >= 0.6 is 0 Å². The minimum absolute atomic E-state index is 0.163. The van der Waals surface area contributed by atoms with Crippen LogP contribution in [0.1, 0.15) is 37.7 Å². The molecule has 4 amide bonds. The molecule has 3 aliphatic heterocycles. The van der Waals surface area contributed by atoms with Gasteiger partial charge in [-0.3, -0.25) is 14.5 Å². The number of benzene rings is 1. The van der Waals surface area contributed by atoms with Crippen LogP contribution < -0.4 is 5.32 Å². The minimum Gasteiger partial charge on any atom is -0.324 e. The Morgan fingerprint density at radius 2 is 1.83 bits per heavy atom. The largest absolute Gasteiger partial charge is 0.327 e. The van der Waals surface area contributed by atoms with Gasteiger partial charge in [0.15, 0.2) is 0 Å². The lowest BCUT2D eigenvalue weighted by Gasteiger charge is -2.26. The Bertz CT molecular complexity index is 965. The molecule has 30 heavy (non-hydrogen) atoms. The van der Waals surface area contributed by atoms with Gasteiger partial charge in [-0.25, -0.2) is 13.2 Å². The number of nitrogens with zero attached hydrogens (tertiary/aromatic N) is 3. The predicted octanol–water partition coefficient (Wildman–Crippen LogP) is 1.53. The molecule has 0 radical (unpaired) electrons. The van der Waals surface area contributed by atoms with Crippen molar-refractivity contribution < 1.29 is 22.8 Å². The van der Waals surface area contributed by atoms with Crippen molar-refractivity contribution in [1.82, 2.24) is 14.1 Å². The number of fused-ring (bicyclic) bond motifs is 1. The fraction of sp³-hybridized carbons (Fsp3) is 0.550. The summed E-state index contributed by atoms with van der Waals surface area (Å²) in [7, 11) is -3.64. The molecule has 0 aliphatic carbocycles. The van der Waals surface area contributed by atoms with Gasteiger partial charge in [-0.2, -0.15) is 4.31 Å². The number of nitrogens with one attached hydrogen (secondary N) is 1. The number of aryl methyl sites for hydroxylation is 1. The van der Waals surface area contributed by atoms with Crippen LogP contribution in [0.3, 0.4) is 0 Å².